The molecule has 0 aromatic heterocycles. The molecule has 1 aliphatic rings. The molecule has 92 valence electrons. The van der Waals surface area contributed by atoms with Crippen LogP contribution in [0.5, 0.6) is 0 Å². The van der Waals surface area contributed by atoms with Crippen LogP contribution in [0.25, 0.3) is 0 Å². The highest BCUT2D eigenvalue weighted by atomic mass is 127. The molecule has 1 unspecified atom stereocenters. The van der Waals surface area contributed by atoms with Gasteiger partial charge in [0.05, 0.1) is 6.61 Å². The molecule has 0 aromatic carbocycles. The number of aliphatic hydroxyl groups excluding tert-OH is 1. The van der Waals surface area contributed by atoms with E-state index in [0.29, 0.717) is 0 Å². The molecule has 3 nitrogen and oxygen atoms in total. The Morgan fingerprint density at radius 1 is 1.53 bits per heavy atom. The second-order valence-electron chi connectivity index (χ2n) is 2.71. The van der Waals surface area contributed by atoms with E-state index in [1.54, 1.807) is 0 Å². The average Bonchev–Trinajstić information content (AvgIpc) is 2.31. The van der Waals surface area contributed by atoms with Crippen molar-refractivity contribution in [2.75, 3.05) is 13.2 Å². The van der Waals surface area contributed by atoms with Crippen LogP contribution in [0.2, 0.25) is 0 Å². The van der Waals surface area contributed by atoms with Gasteiger partial charge in [-0.05, 0) is 25.7 Å². The van der Waals surface area contributed by atoms with E-state index in [9.17, 15) is 0 Å². The number of hydrogen-bond acceptors (Lipinski definition) is 3. The maximum Gasteiger partial charge on any atom is 0.154 e. The molecule has 0 aromatic rings. The molecule has 1 heterocycles. The zero-order valence-corrected chi connectivity index (χ0v) is 11.9. The van der Waals surface area contributed by atoms with Gasteiger partial charge in [0.1, 0.15) is 23.0 Å². The molecule has 1 N–H and O–H groups in total. The summed E-state index contributed by atoms with van der Waals surface area (Å²) in [6.07, 6.45) is 5.36. The smallest absolute Gasteiger partial charge is 0.154 e. The van der Waals surface area contributed by atoms with Gasteiger partial charge in [-0.2, -0.15) is 0 Å². The molecule has 0 radical (unpaired) electrons. The van der Waals surface area contributed by atoms with Crippen molar-refractivity contribution in [2.24, 2.45) is 0 Å². The zero-order chi connectivity index (χ0) is 11.9. The molecule has 1 rings (SSSR count). The third-order valence-corrected chi connectivity index (χ3v) is 2.00. The van der Waals surface area contributed by atoms with E-state index < -0.39 is 6.29 Å². The number of halogens is 1. The molecule has 0 aliphatic carbocycles. The fourth-order valence-corrected chi connectivity index (χ4v) is 1.11. The Morgan fingerprint density at radius 3 is 2.40 bits per heavy atom. The molecule has 1 atom stereocenters. The minimum absolute atomic E-state index is 0.464. The molecular weight excluding hydrogens is 307 g/mol. The summed E-state index contributed by atoms with van der Waals surface area (Å²) < 4.78 is 9.51. The van der Waals surface area contributed by atoms with Crippen LogP contribution in [0.1, 0.15) is 39.5 Å². The second kappa shape index (κ2) is 16.8. The maximum atomic E-state index is 8.69. The van der Waals surface area contributed by atoms with Crippen molar-refractivity contribution in [1.29, 1.82) is 0 Å². The summed E-state index contributed by atoms with van der Waals surface area (Å²) in [6, 6.07) is 0. The summed E-state index contributed by atoms with van der Waals surface area (Å²) in [5.41, 5.74) is 0. The van der Waals surface area contributed by atoms with Gasteiger partial charge >= 0.3 is 0 Å². The summed E-state index contributed by atoms with van der Waals surface area (Å²) in [6.45, 7) is 9.03. The van der Waals surface area contributed by atoms with Crippen molar-refractivity contribution in [3.05, 3.63) is 12.7 Å². The van der Waals surface area contributed by atoms with Crippen LogP contribution < -0.4 is 0 Å². The van der Waals surface area contributed by atoms with E-state index in [-0.39, 0.29) is 0 Å². The Labute approximate surface area is 108 Å². The first kappa shape index (κ1) is 17.7. The second-order valence-corrected chi connectivity index (χ2v) is 3.33. The van der Waals surface area contributed by atoms with Crippen molar-refractivity contribution >= 4 is 23.0 Å². The summed E-state index contributed by atoms with van der Waals surface area (Å²) in [5.74, 6) is 0. The lowest BCUT2D eigenvalue weighted by atomic mass is 10.2. The van der Waals surface area contributed by atoms with Gasteiger partial charge in [0.25, 0.3) is 0 Å². The summed E-state index contributed by atoms with van der Waals surface area (Å²) >= 11 is 1.86. The van der Waals surface area contributed by atoms with Crippen LogP contribution in [0.15, 0.2) is 12.7 Å². The lowest BCUT2D eigenvalue weighted by molar-refractivity contribution is -0.123. The fraction of sp³-hybridized carbons (Fsp3) is 0.818. The van der Waals surface area contributed by atoms with Gasteiger partial charge in [-0.3, -0.25) is 0 Å². The van der Waals surface area contributed by atoms with E-state index in [1.165, 1.54) is 0 Å². The highest BCUT2D eigenvalue weighted by Crippen LogP contribution is 2.08. The highest BCUT2D eigenvalue weighted by molar-refractivity contribution is 14.1. The number of rotatable bonds is 3. The third kappa shape index (κ3) is 17.0. The van der Waals surface area contributed by atoms with Gasteiger partial charge in [-0.15, -0.1) is 6.58 Å². The molecule has 15 heavy (non-hydrogen) atoms. The Kier molecular flexibility index (Phi) is 19.8. The molecule has 0 amide bonds. The quantitative estimate of drug-likeness (QED) is 0.489. The predicted octanol–water partition coefficient (Wildman–Crippen LogP) is 3.46. The van der Waals surface area contributed by atoms with Crippen molar-refractivity contribution in [3.8, 4) is 0 Å². The average molecular weight is 330 g/mol. The standard InChI is InChI=1S/C5H10O2.C4H7IO.C2H6/c6-5-3-1-2-4-7-5;1-2-3-4-6-5;1-2/h5-6H,1-4H2;2H,1,3-4H2;1-2H3. The Morgan fingerprint density at radius 2 is 2.20 bits per heavy atom. The number of aliphatic hydroxyl groups is 1. The van der Waals surface area contributed by atoms with Crippen molar-refractivity contribution < 1.29 is 12.9 Å². The largest absolute Gasteiger partial charge is 0.368 e. The Balaban J connectivity index is 0. The lowest BCUT2D eigenvalue weighted by Crippen LogP contribution is -2.17. The predicted molar refractivity (Wildman–Crippen MR) is 71.9 cm³/mol. The first-order chi connectivity index (χ1) is 7.31. The van der Waals surface area contributed by atoms with Crippen LogP contribution in [-0.2, 0) is 7.80 Å². The van der Waals surface area contributed by atoms with Gasteiger partial charge in [-0.25, -0.2) is 0 Å². The van der Waals surface area contributed by atoms with Crippen LogP contribution in [0.4, 0.5) is 0 Å². The molecule has 1 aliphatic heterocycles. The van der Waals surface area contributed by atoms with Crippen LogP contribution in [-0.4, -0.2) is 24.6 Å². The lowest BCUT2D eigenvalue weighted by Gasteiger charge is -2.16. The van der Waals surface area contributed by atoms with Gasteiger partial charge < -0.3 is 12.9 Å². The molecule has 4 heteroatoms. The first-order valence-electron chi connectivity index (χ1n) is 5.45. The SMILES string of the molecule is C=CCCOI.CC.OC1CCCCO1. The summed E-state index contributed by atoms with van der Waals surface area (Å²) in [4.78, 5) is 0. The molecule has 0 saturated carbocycles. The van der Waals surface area contributed by atoms with Crippen LogP contribution in [0, 0.1) is 0 Å². The number of ether oxygens (including phenoxy) is 1. The molecule has 1 fully saturated rings. The van der Waals surface area contributed by atoms with Gasteiger partial charge in [0.15, 0.2) is 6.29 Å². The van der Waals surface area contributed by atoms with E-state index >= 15 is 0 Å². The summed E-state index contributed by atoms with van der Waals surface area (Å²) in [5, 5.41) is 8.69. The van der Waals surface area contributed by atoms with Gasteiger partial charge in [0, 0.05) is 6.61 Å². The highest BCUT2D eigenvalue weighted by Gasteiger charge is 2.07. The molecule has 0 spiro atoms. The molecular formula is C11H23IO3. The van der Waals surface area contributed by atoms with E-state index in [0.717, 1.165) is 38.9 Å². The maximum absolute atomic E-state index is 8.69. The fourth-order valence-electron chi connectivity index (χ4n) is 0.852. The molecule has 1 saturated heterocycles. The Bertz CT molecular complexity index is 114. The zero-order valence-electron chi connectivity index (χ0n) is 9.75. The minimum Gasteiger partial charge on any atom is -0.368 e. The van der Waals surface area contributed by atoms with E-state index in [4.69, 9.17) is 9.84 Å². The Hall–Kier alpha value is 0.350. The normalized spacial score (nSPS) is 19.1. The molecule has 0 bridgehead atoms. The van der Waals surface area contributed by atoms with E-state index in [1.807, 2.05) is 42.9 Å². The van der Waals surface area contributed by atoms with E-state index in [2.05, 4.69) is 9.65 Å². The van der Waals surface area contributed by atoms with Gasteiger partial charge in [-0.1, -0.05) is 19.9 Å². The minimum atomic E-state index is -0.464. The van der Waals surface area contributed by atoms with Crippen LogP contribution >= 0.6 is 23.0 Å². The van der Waals surface area contributed by atoms with Crippen molar-refractivity contribution in [2.45, 2.75) is 45.8 Å². The summed E-state index contributed by atoms with van der Waals surface area (Å²) in [7, 11) is 0. The van der Waals surface area contributed by atoms with Crippen molar-refractivity contribution in [3.63, 3.8) is 0 Å². The number of hydrogen-bond donors (Lipinski definition) is 1. The van der Waals surface area contributed by atoms with Crippen molar-refractivity contribution in [1.82, 2.24) is 0 Å². The topological polar surface area (TPSA) is 38.7 Å². The third-order valence-electron chi connectivity index (χ3n) is 1.55. The first-order valence-corrected chi connectivity index (χ1v) is 6.33. The monoisotopic (exact) mass is 330 g/mol. The van der Waals surface area contributed by atoms with Gasteiger partial charge in [0.2, 0.25) is 0 Å². The van der Waals surface area contributed by atoms with Crippen LogP contribution in [0.3, 0.4) is 0 Å².